The number of hydrogen-bond acceptors (Lipinski definition) is 7. The Labute approximate surface area is 322 Å². The van der Waals surface area contributed by atoms with Gasteiger partial charge in [0.2, 0.25) is 0 Å². The SMILES string of the molecule is CCC/C=C\C/C=C\CCCCCCCC(=O)OC(COCCCCCCCCCCCCCCCCCCC)COP(=O)([O-])OCC[N+](C)(C)C. The molecule has 0 heterocycles. The molecule has 0 spiro atoms. The summed E-state index contributed by atoms with van der Waals surface area (Å²) in [6, 6.07) is 0. The predicted molar refractivity (Wildman–Crippen MR) is 217 cm³/mol. The summed E-state index contributed by atoms with van der Waals surface area (Å²) in [5, 5.41) is 0. The molecule has 0 aromatic rings. The van der Waals surface area contributed by atoms with Crippen molar-refractivity contribution in [3.8, 4) is 0 Å². The summed E-state index contributed by atoms with van der Waals surface area (Å²) in [4.78, 5) is 25.0. The summed E-state index contributed by atoms with van der Waals surface area (Å²) < 4.78 is 34.5. The highest BCUT2D eigenvalue weighted by molar-refractivity contribution is 7.45. The highest BCUT2D eigenvalue weighted by Gasteiger charge is 2.20. The predicted octanol–water partition coefficient (Wildman–Crippen LogP) is 11.8. The van der Waals surface area contributed by atoms with E-state index >= 15 is 0 Å². The van der Waals surface area contributed by atoms with Gasteiger partial charge in [0, 0.05) is 13.0 Å². The van der Waals surface area contributed by atoms with Crippen molar-refractivity contribution in [1.29, 1.82) is 0 Å². The van der Waals surface area contributed by atoms with E-state index in [-0.39, 0.29) is 25.8 Å². The Morgan fingerprint density at radius 3 is 1.63 bits per heavy atom. The average Bonchev–Trinajstić information content (AvgIpc) is 3.09. The van der Waals surface area contributed by atoms with E-state index in [1.54, 1.807) is 0 Å². The first-order valence-electron chi connectivity index (χ1n) is 21.6. The average molecular weight is 758 g/mol. The van der Waals surface area contributed by atoms with Gasteiger partial charge >= 0.3 is 5.97 Å². The number of phosphoric ester groups is 1. The number of esters is 1. The van der Waals surface area contributed by atoms with Crippen LogP contribution in [-0.4, -0.2) is 70.7 Å². The number of allylic oxidation sites excluding steroid dienone is 4. The van der Waals surface area contributed by atoms with E-state index < -0.39 is 13.9 Å². The lowest BCUT2D eigenvalue weighted by Crippen LogP contribution is -2.37. The van der Waals surface area contributed by atoms with Crippen molar-refractivity contribution in [2.75, 3.05) is 54.1 Å². The van der Waals surface area contributed by atoms with E-state index in [2.05, 4.69) is 38.2 Å². The summed E-state index contributed by atoms with van der Waals surface area (Å²) >= 11 is 0. The minimum Gasteiger partial charge on any atom is -0.756 e. The Bertz CT molecular complexity index is 889. The smallest absolute Gasteiger partial charge is 0.306 e. The molecule has 0 saturated carbocycles. The van der Waals surface area contributed by atoms with E-state index in [1.807, 2.05) is 21.1 Å². The number of quaternary nitrogens is 1. The molecule has 0 radical (unpaired) electrons. The van der Waals surface area contributed by atoms with Gasteiger partial charge in [-0.05, 0) is 38.5 Å². The molecule has 308 valence electrons. The van der Waals surface area contributed by atoms with Gasteiger partial charge in [0.25, 0.3) is 7.82 Å². The first-order chi connectivity index (χ1) is 25.1. The van der Waals surface area contributed by atoms with Crippen molar-refractivity contribution in [1.82, 2.24) is 0 Å². The van der Waals surface area contributed by atoms with Crippen LogP contribution < -0.4 is 4.89 Å². The quantitative estimate of drug-likeness (QED) is 0.0202. The Morgan fingerprint density at radius 1 is 0.596 bits per heavy atom. The number of nitrogens with zero attached hydrogens (tertiary/aromatic N) is 1. The number of phosphoric acid groups is 1. The monoisotopic (exact) mass is 758 g/mol. The van der Waals surface area contributed by atoms with Crippen LogP contribution in [-0.2, 0) is 27.9 Å². The molecule has 52 heavy (non-hydrogen) atoms. The largest absolute Gasteiger partial charge is 0.756 e. The van der Waals surface area contributed by atoms with Crippen LogP contribution in [0, 0.1) is 0 Å². The normalized spacial score (nSPS) is 14.0. The lowest BCUT2D eigenvalue weighted by Gasteiger charge is -2.28. The molecule has 0 aliphatic carbocycles. The van der Waals surface area contributed by atoms with Crippen molar-refractivity contribution in [3.63, 3.8) is 0 Å². The van der Waals surface area contributed by atoms with Gasteiger partial charge in [-0.25, -0.2) is 0 Å². The van der Waals surface area contributed by atoms with Gasteiger partial charge in [-0.1, -0.05) is 167 Å². The molecular formula is C43H84NO7P. The van der Waals surface area contributed by atoms with Crippen LogP contribution in [0.2, 0.25) is 0 Å². The Kier molecular flexibility index (Phi) is 36.2. The summed E-state index contributed by atoms with van der Waals surface area (Å²) in [5.41, 5.74) is 0. The van der Waals surface area contributed by atoms with Crippen molar-refractivity contribution >= 4 is 13.8 Å². The maximum Gasteiger partial charge on any atom is 0.306 e. The van der Waals surface area contributed by atoms with Gasteiger partial charge in [-0.2, -0.15) is 0 Å². The number of carbonyl (C=O) groups excluding carboxylic acids is 1. The highest BCUT2D eigenvalue weighted by atomic mass is 31.2. The highest BCUT2D eigenvalue weighted by Crippen LogP contribution is 2.38. The zero-order valence-corrected chi connectivity index (χ0v) is 35.7. The minimum atomic E-state index is -4.52. The lowest BCUT2D eigenvalue weighted by atomic mass is 10.0. The molecule has 0 fully saturated rings. The fourth-order valence-corrected chi connectivity index (χ4v) is 6.61. The molecule has 0 amide bonds. The molecule has 0 aromatic heterocycles. The second kappa shape index (κ2) is 36.9. The Hall–Kier alpha value is -1.02. The zero-order valence-electron chi connectivity index (χ0n) is 34.8. The molecule has 0 N–H and O–H groups in total. The third kappa shape index (κ3) is 40.2. The van der Waals surface area contributed by atoms with Gasteiger partial charge in [0.05, 0.1) is 34.4 Å². The van der Waals surface area contributed by atoms with Crippen LogP contribution in [0.4, 0.5) is 0 Å². The van der Waals surface area contributed by atoms with Gasteiger partial charge in [-0.15, -0.1) is 0 Å². The molecule has 8 nitrogen and oxygen atoms in total. The summed E-state index contributed by atoms with van der Waals surface area (Å²) in [6.45, 7) is 5.35. The summed E-state index contributed by atoms with van der Waals surface area (Å²) in [6.07, 6.45) is 40.4. The van der Waals surface area contributed by atoms with E-state index in [1.165, 1.54) is 103 Å². The van der Waals surface area contributed by atoms with Crippen molar-refractivity contribution in [2.45, 2.75) is 193 Å². The molecule has 0 saturated heterocycles. The Balaban J connectivity index is 4.22. The number of likely N-dealkylation sites (N-methyl/N-ethyl adjacent to an activating group) is 1. The number of rotatable bonds is 40. The molecule has 0 aliphatic rings. The molecule has 2 atom stereocenters. The molecular weight excluding hydrogens is 673 g/mol. The number of carbonyl (C=O) groups is 1. The Morgan fingerprint density at radius 2 is 1.10 bits per heavy atom. The summed E-state index contributed by atoms with van der Waals surface area (Å²) in [5.74, 6) is -0.347. The molecule has 0 bridgehead atoms. The first-order valence-corrected chi connectivity index (χ1v) is 23.0. The van der Waals surface area contributed by atoms with Gasteiger partial charge in [0.15, 0.2) is 0 Å². The van der Waals surface area contributed by atoms with Crippen molar-refractivity contribution < 1.29 is 37.3 Å². The molecule has 0 aliphatic heterocycles. The molecule has 0 aromatic carbocycles. The maximum absolute atomic E-state index is 12.6. The second-order valence-electron chi connectivity index (χ2n) is 15.7. The van der Waals surface area contributed by atoms with Gasteiger partial charge < -0.3 is 27.9 Å². The van der Waals surface area contributed by atoms with Gasteiger partial charge in [0.1, 0.15) is 19.3 Å². The van der Waals surface area contributed by atoms with E-state index in [9.17, 15) is 14.3 Å². The van der Waals surface area contributed by atoms with Crippen LogP contribution in [0.25, 0.3) is 0 Å². The van der Waals surface area contributed by atoms with E-state index in [0.29, 0.717) is 24.1 Å². The number of unbranched alkanes of at least 4 members (excludes halogenated alkanes) is 22. The third-order valence-corrected chi connectivity index (χ3v) is 10.2. The number of ether oxygens (including phenoxy) is 2. The van der Waals surface area contributed by atoms with Crippen LogP contribution in [0.3, 0.4) is 0 Å². The fraction of sp³-hybridized carbons (Fsp3) is 0.884. The maximum atomic E-state index is 12.6. The van der Waals surface area contributed by atoms with E-state index in [0.717, 1.165) is 64.2 Å². The van der Waals surface area contributed by atoms with Crippen LogP contribution in [0.15, 0.2) is 24.3 Å². The standard InChI is InChI=1S/C43H84NO7P/c1-6-8-10-12-14-16-18-20-21-22-23-25-27-29-31-33-35-38-48-40-42(41-50-52(46,47)49-39-37-44(3,4)5)51-43(45)36-34-32-30-28-26-24-19-17-15-13-11-9-7-2/h11,13,17,19,42H,6-10,12,14-16,18,20-41H2,1-5H3/b13-11-,19-17-. The van der Waals surface area contributed by atoms with Crippen molar-refractivity contribution in [2.24, 2.45) is 0 Å². The summed E-state index contributed by atoms with van der Waals surface area (Å²) in [7, 11) is 1.35. The van der Waals surface area contributed by atoms with Crippen LogP contribution in [0.1, 0.15) is 187 Å². The fourth-order valence-electron chi connectivity index (χ4n) is 5.88. The van der Waals surface area contributed by atoms with E-state index in [4.69, 9.17) is 18.5 Å². The minimum absolute atomic E-state index is 0.0250. The van der Waals surface area contributed by atoms with Crippen LogP contribution in [0.5, 0.6) is 0 Å². The molecule has 0 rings (SSSR count). The second-order valence-corrected chi connectivity index (χ2v) is 17.1. The topological polar surface area (TPSA) is 94.1 Å². The van der Waals surface area contributed by atoms with Crippen LogP contribution >= 0.6 is 7.82 Å². The zero-order chi connectivity index (χ0) is 38.4. The van der Waals surface area contributed by atoms with Gasteiger partial charge in [-0.3, -0.25) is 9.36 Å². The molecule has 9 heteroatoms. The first kappa shape index (κ1) is 51.0. The number of hydrogen-bond donors (Lipinski definition) is 0. The van der Waals surface area contributed by atoms with Crippen molar-refractivity contribution in [3.05, 3.63) is 24.3 Å². The third-order valence-electron chi connectivity index (χ3n) is 9.24. The molecule has 2 unspecified atom stereocenters. The lowest BCUT2D eigenvalue weighted by molar-refractivity contribution is -0.870.